The maximum absolute atomic E-state index is 11.9. The highest BCUT2D eigenvalue weighted by Gasteiger charge is 2.08. The van der Waals surface area contributed by atoms with Gasteiger partial charge in [0.2, 0.25) is 0 Å². The van der Waals surface area contributed by atoms with Crippen molar-refractivity contribution in [2.75, 3.05) is 5.32 Å². The fourth-order valence-corrected chi connectivity index (χ4v) is 2.30. The first kappa shape index (κ1) is 12.7. The molecular formula is C15H20N2O. The smallest absolute Gasteiger partial charge is 0.252 e. The highest BCUT2D eigenvalue weighted by atomic mass is 16.1. The van der Waals surface area contributed by atoms with Crippen LogP contribution in [0.1, 0.15) is 26.7 Å². The third kappa shape index (κ3) is 2.40. The molecule has 0 bridgehead atoms. The molecule has 18 heavy (non-hydrogen) atoms. The van der Waals surface area contributed by atoms with Crippen molar-refractivity contribution in [3.8, 4) is 0 Å². The second kappa shape index (κ2) is 5.25. The van der Waals surface area contributed by atoms with Crippen molar-refractivity contribution >= 4 is 16.6 Å². The molecule has 1 N–H and O–H groups in total. The predicted octanol–water partition coefficient (Wildman–Crippen LogP) is 3.14. The van der Waals surface area contributed by atoms with Crippen molar-refractivity contribution < 1.29 is 0 Å². The zero-order valence-corrected chi connectivity index (χ0v) is 11.2. The number of hydrogen-bond acceptors (Lipinski definition) is 2. The first-order valence-electron chi connectivity index (χ1n) is 6.48. The van der Waals surface area contributed by atoms with E-state index in [1.54, 1.807) is 10.6 Å². The number of aromatic nitrogens is 1. The number of hydrogen-bond donors (Lipinski definition) is 1. The first-order chi connectivity index (χ1) is 8.63. The van der Waals surface area contributed by atoms with E-state index in [2.05, 4.69) is 25.2 Å². The van der Waals surface area contributed by atoms with Crippen LogP contribution in [0.15, 0.2) is 35.1 Å². The number of pyridine rings is 1. The fraction of sp³-hybridized carbons (Fsp3) is 0.400. The van der Waals surface area contributed by atoms with E-state index >= 15 is 0 Å². The molecule has 0 aliphatic rings. The first-order valence-corrected chi connectivity index (χ1v) is 6.48. The van der Waals surface area contributed by atoms with Gasteiger partial charge in [-0.25, -0.2) is 0 Å². The van der Waals surface area contributed by atoms with Crippen molar-refractivity contribution in [2.45, 2.75) is 32.7 Å². The average molecular weight is 244 g/mol. The molecule has 2 rings (SSSR count). The number of aryl methyl sites for hydroxylation is 1. The van der Waals surface area contributed by atoms with E-state index in [0.717, 1.165) is 29.4 Å². The molecule has 1 atom stereocenters. The van der Waals surface area contributed by atoms with Crippen LogP contribution in [0.2, 0.25) is 0 Å². The summed E-state index contributed by atoms with van der Waals surface area (Å²) in [6.07, 6.45) is 2.24. The Kier molecular flexibility index (Phi) is 3.70. The van der Waals surface area contributed by atoms with Crippen LogP contribution >= 0.6 is 0 Å². The summed E-state index contributed by atoms with van der Waals surface area (Å²) in [7, 11) is 1.81. The van der Waals surface area contributed by atoms with E-state index in [4.69, 9.17) is 0 Å². The van der Waals surface area contributed by atoms with Crippen molar-refractivity contribution in [1.82, 2.24) is 4.57 Å². The van der Waals surface area contributed by atoms with E-state index in [9.17, 15) is 4.79 Å². The van der Waals surface area contributed by atoms with Crippen LogP contribution in [0.4, 0.5) is 5.69 Å². The van der Waals surface area contributed by atoms with Crippen LogP contribution in [0.3, 0.4) is 0 Å². The lowest BCUT2D eigenvalue weighted by Gasteiger charge is -2.17. The fourth-order valence-electron chi connectivity index (χ4n) is 2.30. The molecule has 2 aromatic rings. The Balaban J connectivity index is 2.50. The molecule has 96 valence electrons. The second-order valence-corrected chi connectivity index (χ2v) is 4.81. The van der Waals surface area contributed by atoms with Crippen LogP contribution < -0.4 is 10.9 Å². The van der Waals surface area contributed by atoms with Gasteiger partial charge in [0.1, 0.15) is 0 Å². The van der Waals surface area contributed by atoms with Gasteiger partial charge in [0, 0.05) is 30.2 Å². The number of rotatable bonds is 4. The molecular weight excluding hydrogens is 224 g/mol. The summed E-state index contributed by atoms with van der Waals surface area (Å²) in [5, 5.41) is 4.54. The molecule has 3 nitrogen and oxygen atoms in total. The van der Waals surface area contributed by atoms with E-state index < -0.39 is 0 Å². The minimum Gasteiger partial charge on any atom is -0.382 e. The van der Waals surface area contributed by atoms with Crippen LogP contribution in [-0.2, 0) is 7.05 Å². The quantitative estimate of drug-likeness (QED) is 0.896. The molecule has 1 aromatic heterocycles. The summed E-state index contributed by atoms with van der Waals surface area (Å²) < 4.78 is 1.69. The molecule has 0 aliphatic carbocycles. The summed E-state index contributed by atoms with van der Waals surface area (Å²) in [5.41, 5.74) is 1.94. The van der Waals surface area contributed by atoms with Gasteiger partial charge in [-0.1, -0.05) is 31.5 Å². The Morgan fingerprint density at radius 1 is 1.33 bits per heavy atom. The minimum absolute atomic E-state index is 0.0277. The molecule has 1 unspecified atom stereocenters. The molecule has 0 spiro atoms. The SMILES string of the molecule is CCCC(C)Nc1cc(=O)n(C)c2ccccc12. The molecule has 0 saturated carbocycles. The van der Waals surface area contributed by atoms with Crippen molar-refractivity contribution in [2.24, 2.45) is 7.05 Å². The molecule has 1 heterocycles. The van der Waals surface area contributed by atoms with Gasteiger partial charge in [-0.15, -0.1) is 0 Å². The van der Waals surface area contributed by atoms with Crippen LogP contribution in [-0.4, -0.2) is 10.6 Å². The largest absolute Gasteiger partial charge is 0.382 e. The zero-order valence-electron chi connectivity index (χ0n) is 11.2. The Labute approximate surface area is 107 Å². The normalized spacial score (nSPS) is 12.6. The van der Waals surface area contributed by atoms with E-state index in [-0.39, 0.29) is 5.56 Å². The van der Waals surface area contributed by atoms with Crippen molar-refractivity contribution in [3.05, 3.63) is 40.7 Å². The van der Waals surface area contributed by atoms with Gasteiger partial charge in [-0.3, -0.25) is 4.79 Å². The highest BCUT2D eigenvalue weighted by Crippen LogP contribution is 2.21. The monoisotopic (exact) mass is 244 g/mol. The summed E-state index contributed by atoms with van der Waals surface area (Å²) in [4.78, 5) is 11.9. The third-order valence-electron chi connectivity index (χ3n) is 3.28. The van der Waals surface area contributed by atoms with E-state index in [0.29, 0.717) is 6.04 Å². The van der Waals surface area contributed by atoms with Gasteiger partial charge in [0.15, 0.2) is 0 Å². The maximum Gasteiger partial charge on any atom is 0.252 e. The molecule has 1 aromatic carbocycles. The van der Waals surface area contributed by atoms with Gasteiger partial charge in [0.25, 0.3) is 5.56 Å². The molecule has 0 fully saturated rings. The molecule has 3 heteroatoms. The molecule has 0 aliphatic heterocycles. The van der Waals surface area contributed by atoms with Crippen LogP contribution in [0.25, 0.3) is 10.9 Å². The van der Waals surface area contributed by atoms with Crippen LogP contribution in [0, 0.1) is 0 Å². The summed E-state index contributed by atoms with van der Waals surface area (Å²) in [6, 6.07) is 10.1. The summed E-state index contributed by atoms with van der Waals surface area (Å²) in [6.45, 7) is 4.32. The summed E-state index contributed by atoms with van der Waals surface area (Å²) in [5.74, 6) is 0. The third-order valence-corrected chi connectivity index (χ3v) is 3.28. The van der Waals surface area contributed by atoms with Crippen molar-refractivity contribution in [1.29, 1.82) is 0 Å². The number of benzene rings is 1. The molecule has 0 saturated heterocycles. The maximum atomic E-state index is 11.9. The second-order valence-electron chi connectivity index (χ2n) is 4.81. The lowest BCUT2D eigenvalue weighted by atomic mass is 10.1. The van der Waals surface area contributed by atoms with Crippen LogP contribution in [0.5, 0.6) is 0 Å². The Morgan fingerprint density at radius 2 is 2.06 bits per heavy atom. The van der Waals surface area contributed by atoms with Crippen molar-refractivity contribution in [3.63, 3.8) is 0 Å². The van der Waals surface area contributed by atoms with E-state index in [1.807, 2.05) is 25.2 Å². The average Bonchev–Trinajstić information content (AvgIpc) is 2.36. The predicted molar refractivity (Wildman–Crippen MR) is 77.2 cm³/mol. The zero-order chi connectivity index (χ0) is 13.1. The van der Waals surface area contributed by atoms with Gasteiger partial charge < -0.3 is 9.88 Å². The number of para-hydroxylation sites is 1. The van der Waals surface area contributed by atoms with Gasteiger partial charge >= 0.3 is 0 Å². The standard InChI is InChI=1S/C15H20N2O/c1-4-7-11(2)16-13-10-15(18)17(3)14-9-6-5-8-12(13)14/h5-6,8-11,16H,4,7H2,1-3H3. The Morgan fingerprint density at radius 3 is 2.78 bits per heavy atom. The minimum atomic E-state index is 0.0277. The van der Waals surface area contributed by atoms with Gasteiger partial charge in [0.05, 0.1) is 5.52 Å². The lowest BCUT2D eigenvalue weighted by Crippen LogP contribution is -2.20. The van der Waals surface area contributed by atoms with Gasteiger partial charge in [-0.05, 0) is 19.4 Å². The number of anilines is 1. The Hall–Kier alpha value is -1.77. The van der Waals surface area contributed by atoms with E-state index in [1.165, 1.54) is 0 Å². The summed E-state index contributed by atoms with van der Waals surface area (Å²) >= 11 is 0. The number of nitrogens with zero attached hydrogens (tertiary/aromatic N) is 1. The van der Waals surface area contributed by atoms with Gasteiger partial charge in [-0.2, -0.15) is 0 Å². The highest BCUT2D eigenvalue weighted by molar-refractivity contribution is 5.91. The number of nitrogens with one attached hydrogen (secondary N) is 1. The number of fused-ring (bicyclic) bond motifs is 1. The topological polar surface area (TPSA) is 34.0 Å². The molecule has 0 amide bonds. The lowest BCUT2D eigenvalue weighted by molar-refractivity contribution is 0.690. The Bertz CT molecular complexity index is 601. The molecule has 0 radical (unpaired) electrons.